The van der Waals surface area contributed by atoms with Crippen LogP contribution in [0.4, 0.5) is 4.79 Å². The number of carbonyl (C=O) groups excluding carboxylic acids is 3. The summed E-state index contributed by atoms with van der Waals surface area (Å²) in [4.78, 5) is 36.7. The number of carbonyl (C=O) groups is 3. The number of methoxy groups -OCH3 is 1. The molecule has 2 amide bonds. The lowest BCUT2D eigenvalue weighted by Crippen LogP contribution is -2.34. The SMILES string of the molecule is CCOC(=O)CN1C(=O)SC(=Cc2ccccc2OC)C1=O. The summed E-state index contributed by atoms with van der Waals surface area (Å²) < 4.78 is 9.96. The minimum Gasteiger partial charge on any atom is -0.496 e. The highest BCUT2D eigenvalue weighted by Crippen LogP contribution is 2.33. The van der Waals surface area contributed by atoms with Gasteiger partial charge in [0.2, 0.25) is 0 Å². The first-order chi connectivity index (χ1) is 10.6. The van der Waals surface area contributed by atoms with Crippen LogP contribution in [-0.4, -0.2) is 42.3 Å². The van der Waals surface area contributed by atoms with Crippen molar-refractivity contribution in [3.05, 3.63) is 34.7 Å². The first kappa shape index (κ1) is 16.1. The van der Waals surface area contributed by atoms with Crippen molar-refractivity contribution in [2.45, 2.75) is 6.92 Å². The summed E-state index contributed by atoms with van der Waals surface area (Å²) in [5, 5.41) is -0.487. The lowest BCUT2D eigenvalue weighted by Gasteiger charge is -2.10. The van der Waals surface area contributed by atoms with Crippen molar-refractivity contribution in [1.82, 2.24) is 4.90 Å². The van der Waals surface area contributed by atoms with Gasteiger partial charge in [0.05, 0.1) is 18.6 Å². The van der Waals surface area contributed by atoms with E-state index in [1.54, 1.807) is 31.2 Å². The van der Waals surface area contributed by atoms with Crippen molar-refractivity contribution >= 4 is 35.0 Å². The van der Waals surface area contributed by atoms with Crippen molar-refractivity contribution in [1.29, 1.82) is 0 Å². The Morgan fingerprint density at radius 2 is 2.05 bits per heavy atom. The molecule has 1 aromatic carbocycles. The monoisotopic (exact) mass is 321 g/mol. The van der Waals surface area contributed by atoms with E-state index in [2.05, 4.69) is 0 Å². The third-order valence-electron chi connectivity index (χ3n) is 2.89. The van der Waals surface area contributed by atoms with Crippen molar-refractivity contribution in [3.63, 3.8) is 0 Å². The zero-order valence-electron chi connectivity index (χ0n) is 12.2. The molecule has 1 aromatic rings. The molecule has 1 heterocycles. The van der Waals surface area contributed by atoms with Gasteiger partial charge in [-0.3, -0.25) is 19.3 Å². The van der Waals surface area contributed by atoms with E-state index in [0.717, 1.165) is 16.7 Å². The smallest absolute Gasteiger partial charge is 0.326 e. The number of para-hydroxylation sites is 1. The number of imide groups is 1. The van der Waals surface area contributed by atoms with E-state index >= 15 is 0 Å². The summed E-state index contributed by atoms with van der Waals surface area (Å²) in [6, 6.07) is 7.15. The minimum absolute atomic E-state index is 0.201. The maximum atomic E-state index is 12.2. The summed E-state index contributed by atoms with van der Waals surface area (Å²) in [5.41, 5.74) is 0.687. The van der Waals surface area contributed by atoms with Gasteiger partial charge in [-0.25, -0.2) is 0 Å². The Labute approximate surface area is 132 Å². The molecule has 0 atom stereocenters. The number of amides is 2. The summed E-state index contributed by atoms with van der Waals surface area (Å²) in [5.74, 6) is -0.517. The van der Waals surface area contributed by atoms with Gasteiger partial charge in [-0.05, 0) is 30.8 Å². The first-order valence-electron chi connectivity index (χ1n) is 6.60. The molecule has 0 N–H and O–H groups in total. The number of benzene rings is 1. The van der Waals surface area contributed by atoms with Gasteiger partial charge in [0, 0.05) is 5.56 Å². The Balaban J connectivity index is 2.20. The second kappa shape index (κ2) is 7.13. The molecule has 0 aromatic heterocycles. The second-order valence-electron chi connectivity index (χ2n) is 4.31. The largest absolute Gasteiger partial charge is 0.496 e. The molecule has 22 heavy (non-hydrogen) atoms. The fourth-order valence-corrected chi connectivity index (χ4v) is 2.73. The predicted molar refractivity (Wildman–Crippen MR) is 82.3 cm³/mol. The number of hydrogen-bond donors (Lipinski definition) is 0. The highest BCUT2D eigenvalue weighted by atomic mass is 32.2. The van der Waals surface area contributed by atoms with E-state index in [1.165, 1.54) is 7.11 Å². The average molecular weight is 321 g/mol. The topological polar surface area (TPSA) is 72.9 Å². The molecule has 2 rings (SSSR count). The van der Waals surface area contributed by atoms with E-state index < -0.39 is 17.1 Å². The Morgan fingerprint density at radius 1 is 1.32 bits per heavy atom. The summed E-state index contributed by atoms with van der Waals surface area (Å²) >= 11 is 0.791. The molecule has 6 nitrogen and oxygen atoms in total. The van der Waals surface area contributed by atoms with Crippen molar-refractivity contribution in [2.75, 3.05) is 20.3 Å². The number of thioether (sulfide) groups is 1. The summed E-state index contributed by atoms with van der Waals surface area (Å²) in [7, 11) is 1.53. The number of esters is 1. The molecule has 7 heteroatoms. The van der Waals surface area contributed by atoms with Crippen LogP contribution in [0.3, 0.4) is 0 Å². The lowest BCUT2D eigenvalue weighted by atomic mass is 10.2. The van der Waals surface area contributed by atoms with E-state index in [4.69, 9.17) is 9.47 Å². The van der Waals surface area contributed by atoms with Gasteiger partial charge in [0.15, 0.2) is 0 Å². The molecule has 1 aliphatic rings. The molecule has 0 saturated carbocycles. The van der Waals surface area contributed by atoms with Gasteiger partial charge in [-0.2, -0.15) is 0 Å². The standard InChI is InChI=1S/C15H15NO5S/c1-3-21-13(17)9-16-14(18)12(22-15(16)19)8-10-6-4-5-7-11(10)20-2/h4-8H,3,9H2,1-2H3. The molecular weight excluding hydrogens is 306 g/mol. The molecule has 1 fully saturated rings. The molecule has 1 aliphatic heterocycles. The molecule has 0 aliphatic carbocycles. The van der Waals surface area contributed by atoms with Crippen molar-refractivity contribution in [2.24, 2.45) is 0 Å². The van der Waals surface area contributed by atoms with Crippen LogP contribution in [0.2, 0.25) is 0 Å². The summed E-state index contributed by atoms with van der Waals surface area (Å²) in [6.07, 6.45) is 1.58. The van der Waals surface area contributed by atoms with E-state index in [-0.39, 0.29) is 18.1 Å². The van der Waals surface area contributed by atoms with E-state index in [1.807, 2.05) is 6.07 Å². The number of rotatable bonds is 5. The Hall–Kier alpha value is -2.28. The van der Waals surface area contributed by atoms with Gasteiger partial charge in [0.1, 0.15) is 12.3 Å². The normalized spacial score (nSPS) is 16.3. The predicted octanol–water partition coefficient (Wildman–Crippen LogP) is 2.29. The van der Waals surface area contributed by atoms with E-state index in [9.17, 15) is 14.4 Å². The van der Waals surface area contributed by atoms with Crippen LogP contribution in [0.15, 0.2) is 29.2 Å². The molecule has 116 valence electrons. The first-order valence-corrected chi connectivity index (χ1v) is 7.42. The Morgan fingerprint density at radius 3 is 2.73 bits per heavy atom. The van der Waals surface area contributed by atoms with Crippen LogP contribution in [0, 0.1) is 0 Å². The van der Waals surface area contributed by atoms with Crippen molar-refractivity contribution in [3.8, 4) is 5.75 Å². The van der Waals surface area contributed by atoms with Gasteiger partial charge in [-0.1, -0.05) is 18.2 Å². The van der Waals surface area contributed by atoms with Gasteiger partial charge in [-0.15, -0.1) is 0 Å². The lowest BCUT2D eigenvalue weighted by molar-refractivity contribution is -0.145. The molecular formula is C15H15NO5S. The van der Waals surface area contributed by atoms with Gasteiger partial charge >= 0.3 is 5.97 Å². The maximum Gasteiger partial charge on any atom is 0.326 e. The van der Waals surface area contributed by atoms with Crippen LogP contribution in [0.5, 0.6) is 5.75 Å². The van der Waals surface area contributed by atoms with Crippen LogP contribution >= 0.6 is 11.8 Å². The molecule has 0 unspecified atom stereocenters. The highest BCUT2D eigenvalue weighted by molar-refractivity contribution is 8.18. The molecule has 1 saturated heterocycles. The third kappa shape index (κ3) is 3.48. The quantitative estimate of drug-likeness (QED) is 0.612. The van der Waals surface area contributed by atoms with Crippen LogP contribution in [0.1, 0.15) is 12.5 Å². The fourth-order valence-electron chi connectivity index (χ4n) is 1.90. The summed E-state index contributed by atoms with van der Waals surface area (Å²) in [6.45, 7) is 1.49. The molecule has 0 spiro atoms. The Bertz CT molecular complexity index is 641. The number of hydrogen-bond acceptors (Lipinski definition) is 6. The zero-order valence-corrected chi connectivity index (χ0v) is 13.0. The average Bonchev–Trinajstić information content (AvgIpc) is 2.76. The molecule has 0 bridgehead atoms. The Kier molecular flexibility index (Phi) is 5.21. The number of ether oxygens (including phenoxy) is 2. The fraction of sp³-hybridized carbons (Fsp3) is 0.267. The van der Waals surface area contributed by atoms with Crippen LogP contribution in [0.25, 0.3) is 6.08 Å². The highest BCUT2D eigenvalue weighted by Gasteiger charge is 2.36. The van der Waals surface area contributed by atoms with Crippen LogP contribution < -0.4 is 4.74 Å². The minimum atomic E-state index is -0.608. The van der Waals surface area contributed by atoms with Crippen LogP contribution in [-0.2, 0) is 14.3 Å². The zero-order chi connectivity index (χ0) is 16.1. The van der Waals surface area contributed by atoms with Gasteiger partial charge in [0.25, 0.3) is 11.1 Å². The maximum absolute atomic E-state index is 12.2. The van der Waals surface area contributed by atoms with Crippen molar-refractivity contribution < 1.29 is 23.9 Å². The van der Waals surface area contributed by atoms with Gasteiger partial charge < -0.3 is 9.47 Å². The second-order valence-corrected chi connectivity index (χ2v) is 5.31. The third-order valence-corrected chi connectivity index (χ3v) is 3.80. The van der Waals surface area contributed by atoms with E-state index in [0.29, 0.717) is 11.3 Å². The number of nitrogens with zero attached hydrogens (tertiary/aromatic N) is 1. The molecule has 0 radical (unpaired) electrons.